The summed E-state index contributed by atoms with van der Waals surface area (Å²) in [7, 11) is -3.77. The normalized spacial score (nSPS) is 13.3. The average Bonchev–Trinajstić information content (AvgIpc) is 2.92. The predicted octanol–water partition coefficient (Wildman–Crippen LogP) is 1.92. The monoisotopic (exact) mass is 298 g/mol. The van der Waals surface area contributed by atoms with Gasteiger partial charge in [0.05, 0.1) is 17.2 Å². The number of nitrogens with one attached hydrogen (secondary N) is 1. The molecule has 2 rings (SSSR count). The van der Waals surface area contributed by atoms with Crippen LogP contribution in [0.2, 0.25) is 0 Å². The zero-order valence-electron chi connectivity index (χ0n) is 10.8. The Bertz CT molecular complexity index is 684. The van der Waals surface area contributed by atoms with Crippen molar-refractivity contribution in [1.29, 1.82) is 0 Å². The third-order valence-electron chi connectivity index (χ3n) is 2.85. The molecular formula is C13H15FN2O3S. The Hall–Kier alpha value is -1.70. The summed E-state index contributed by atoms with van der Waals surface area (Å²) in [6, 6.07) is 6.33. The second-order valence-electron chi connectivity index (χ2n) is 4.32. The van der Waals surface area contributed by atoms with Crippen LogP contribution in [-0.4, -0.2) is 8.42 Å². The number of rotatable bonds is 5. The number of benzene rings is 1. The molecule has 0 saturated heterocycles. The van der Waals surface area contributed by atoms with E-state index in [1.54, 1.807) is 19.1 Å². The first-order chi connectivity index (χ1) is 9.44. The Morgan fingerprint density at radius 2 is 2.15 bits per heavy atom. The Labute approximate surface area is 116 Å². The molecule has 0 radical (unpaired) electrons. The summed E-state index contributed by atoms with van der Waals surface area (Å²) in [4.78, 5) is -0.0299. The number of furan rings is 1. The lowest BCUT2D eigenvalue weighted by Gasteiger charge is -2.13. The van der Waals surface area contributed by atoms with E-state index in [1.807, 2.05) is 0 Å². The average molecular weight is 298 g/mol. The van der Waals surface area contributed by atoms with E-state index in [1.165, 1.54) is 18.4 Å². The van der Waals surface area contributed by atoms with Crippen molar-refractivity contribution in [1.82, 2.24) is 4.72 Å². The summed E-state index contributed by atoms with van der Waals surface area (Å²) in [5.41, 5.74) is 5.52. The van der Waals surface area contributed by atoms with Crippen LogP contribution in [0.3, 0.4) is 0 Å². The molecule has 0 amide bonds. The van der Waals surface area contributed by atoms with E-state index in [2.05, 4.69) is 4.72 Å². The standard InChI is InChI=1S/C13H15FN2O3S/c1-9(13-3-2-6-19-13)16-20(17,18)11-4-5-12(14)10(7-11)8-15/h2-7,9,16H,8,15H2,1H3. The first-order valence-electron chi connectivity index (χ1n) is 5.98. The smallest absolute Gasteiger partial charge is 0.241 e. The SMILES string of the molecule is CC(NS(=O)(=O)c1ccc(F)c(CN)c1)c1ccco1. The Morgan fingerprint density at radius 1 is 1.40 bits per heavy atom. The molecule has 1 unspecified atom stereocenters. The third-order valence-corrected chi connectivity index (χ3v) is 4.39. The van der Waals surface area contributed by atoms with Gasteiger partial charge >= 0.3 is 0 Å². The molecular weight excluding hydrogens is 283 g/mol. The molecule has 0 fully saturated rings. The molecule has 1 heterocycles. The summed E-state index contributed by atoms with van der Waals surface area (Å²) in [6.45, 7) is 1.59. The molecule has 1 aromatic heterocycles. The predicted molar refractivity (Wildman–Crippen MR) is 71.7 cm³/mol. The topological polar surface area (TPSA) is 85.3 Å². The highest BCUT2D eigenvalue weighted by Crippen LogP contribution is 2.19. The second-order valence-corrected chi connectivity index (χ2v) is 6.03. The van der Waals surface area contributed by atoms with Crippen molar-refractivity contribution in [3.63, 3.8) is 0 Å². The molecule has 0 aliphatic carbocycles. The van der Waals surface area contributed by atoms with Crippen LogP contribution in [0.1, 0.15) is 24.3 Å². The summed E-state index contributed by atoms with van der Waals surface area (Å²) >= 11 is 0. The number of nitrogens with two attached hydrogens (primary N) is 1. The summed E-state index contributed by atoms with van der Waals surface area (Å²) < 4.78 is 45.3. The maximum atomic E-state index is 13.3. The summed E-state index contributed by atoms with van der Waals surface area (Å²) in [6.07, 6.45) is 1.46. The van der Waals surface area contributed by atoms with Crippen LogP contribution < -0.4 is 10.5 Å². The molecule has 108 valence electrons. The quantitative estimate of drug-likeness (QED) is 0.883. The van der Waals surface area contributed by atoms with E-state index in [0.717, 1.165) is 6.07 Å². The summed E-state index contributed by atoms with van der Waals surface area (Å²) in [5, 5.41) is 0. The maximum Gasteiger partial charge on any atom is 0.241 e. The number of halogens is 1. The van der Waals surface area contributed by atoms with Gasteiger partial charge in [0.15, 0.2) is 0 Å². The maximum absolute atomic E-state index is 13.3. The Balaban J connectivity index is 2.26. The van der Waals surface area contributed by atoms with E-state index in [0.29, 0.717) is 5.76 Å². The van der Waals surface area contributed by atoms with Gasteiger partial charge in [-0.3, -0.25) is 0 Å². The van der Waals surface area contributed by atoms with Gasteiger partial charge in [0.2, 0.25) is 10.0 Å². The van der Waals surface area contributed by atoms with Crippen molar-refractivity contribution < 1.29 is 17.2 Å². The highest BCUT2D eigenvalue weighted by Gasteiger charge is 2.20. The number of hydrogen-bond acceptors (Lipinski definition) is 4. The molecule has 0 bridgehead atoms. The van der Waals surface area contributed by atoms with Crippen LogP contribution in [0.4, 0.5) is 4.39 Å². The highest BCUT2D eigenvalue weighted by atomic mass is 32.2. The van der Waals surface area contributed by atoms with Gasteiger partial charge in [0.25, 0.3) is 0 Å². The van der Waals surface area contributed by atoms with E-state index in [9.17, 15) is 12.8 Å². The van der Waals surface area contributed by atoms with Crippen LogP contribution in [0, 0.1) is 5.82 Å². The van der Waals surface area contributed by atoms with Crippen molar-refractivity contribution in [2.75, 3.05) is 0 Å². The van der Waals surface area contributed by atoms with Crippen LogP contribution in [0.5, 0.6) is 0 Å². The van der Waals surface area contributed by atoms with Gasteiger partial charge in [0.1, 0.15) is 11.6 Å². The minimum Gasteiger partial charge on any atom is -0.468 e. The lowest BCUT2D eigenvalue weighted by Crippen LogP contribution is -2.26. The fraction of sp³-hybridized carbons (Fsp3) is 0.231. The molecule has 0 saturated carbocycles. The van der Waals surface area contributed by atoms with Gasteiger partial charge in [-0.15, -0.1) is 0 Å². The van der Waals surface area contributed by atoms with Gasteiger partial charge in [-0.1, -0.05) is 0 Å². The zero-order chi connectivity index (χ0) is 14.8. The Kier molecular flexibility index (Phi) is 4.22. The minimum absolute atomic E-state index is 0.0299. The molecule has 5 nitrogen and oxygen atoms in total. The van der Waals surface area contributed by atoms with Crippen molar-refractivity contribution in [2.24, 2.45) is 5.73 Å². The van der Waals surface area contributed by atoms with Crippen molar-refractivity contribution in [3.8, 4) is 0 Å². The van der Waals surface area contributed by atoms with E-state index in [4.69, 9.17) is 10.2 Å². The largest absolute Gasteiger partial charge is 0.468 e. The van der Waals surface area contributed by atoms with Gasteiger partial charge in [-0.25, -0.2) is 17.5 Å². The molecule has 1 atom stereocenters. The van der Waals surface area contributed by atoms with Crippen LogP contribution in [0.15, 0.2) is 45.9 Å². The molecule has 1 aromatic carbocycles. The van der Waals surface area contributed by atoms with E-state index >= 15 is 0 Å². The lowest BCUT2D eigenvalue weighted by atomic mass is 10.2. The Morgan fingerprint density at radius 3 is 2.75 bits per heavy atom. The molecule has 0 aliphatic rings. The van der Waals surface area contributed by atoms with E-state index < -0.39 is 21.9 Å². The fourth-order valence-electron chi connectivity index (χ4n) is 1.77. The lowest BCUT2D eigenvalue weighted by molar-refractivity contribution is 0.459. The van der Waals surface area contributed by atoms with Crippen LogP contribution >= 0.6 is 0 Å². The van der Waals surface area contributed by atoms with Crippen molar-refractivity contribution in [2.45, 2.75) is 24.4 Å². The first kappa shape index (κ1) is 14.7. The van der Waals surface area contributed by atoms with Gasteiger partial charge in [-0.05, 0) is 37.3 Å². The highest BCUT2D eigenvalue weighted by molar-refractivity contribution is 7.89. The van der Waals surface area contributed by atoms with Gasteiger partial charge in [-0.2, -0.15) is 0 Å². The first-order valence-corrected chi connectivity index (χ1v) is 7.46. The zero-order valence-corrected chi connectivity index (χ0v) is 11.7. The molecule has 2 aromatic rings. The molecule has 7 heteroatoms. The minimum atomic E-state index is -3.77. The number of sulfonamides is 1. The summed E-state index contributed by atoms with van der Waals surface area (Å²) in [5.74, 6) is -0.0275. The van der Waals surface area contributed by atoms with Crippen LogP contribution in [-0.2, 0) is 16.6 Å². The second kappa shape index (κ2) is 5.74. The third kappa shape index (κ3) is 3.06. The molecule has 0 spiro atoms. The number of hydrogen-bond donors (Lipinski definition) is 2. The fourth-order valence-corrected chi connectivity index (χ4v) is 3.03. The van der Waals surface area contributed by atoms with Gasteiger partial charge < -0.3 is 10.2 Å². The van der Waals surface area contributed by atoms with Crippen LogP contribution in [0.25, 0.3) is 0 Å². The molecule has 0 aliphatic heterocycles. The molecule has 20 heavy (non-hydrogen) atoms. The van der Waals surface area contributed by atoms with E-state index in [-0.39, 0.29) is 17.0 Å². The van der Waals surface area contributed by atoms with Gasteiger partial charge in [0, 0.05) is 12.1 Å². The van der Waals surface area contributed by atoms with Crippen molar-refractivity contribution >= 4 is 10.0 Å². The molecule has 3 N–H and O–H groups in total. The van der Waals surface area contributed by atoms with Crippen molar-refractivity contribution in [3.05, 3.63) is 53.7 Å².